The van der Waals surface area contributed by atoms with Gasteiger partial charge < -0.3 is 20.4 Å². The monoisotopic (exact) mass is 399 g/mol. The summed E-state index contributed by atoms with van der Waals surface area (Å²) < 4.78 is 36.4. The van der Waals surface area contributed by atoms with E-state index in [1.54, 1.807) is 25.3 Å². The number of amides is 1. The van der Waals surface area contributed by atoms with E-state index in [1.807, 2.05) is 26.0 Å². The zero-order valence-corrected chi connectivity index (χ0v) is 16.7. The van der Waals surface area contributed by atoms with Gasteiger partial charge in [-0.3, -0.25) is 0 Å². The molecule has 1 aliphatic rings. The van der Waals surface area contributed by atoms with E-state index in [4.69, 9.17) is 4.74 Å². The predicted molar refractivity (Wildman–Crippen MR) is 109 cm³/mol. The fourth-order valence-corrected chi connectivity index (χ4v) is 4.34. The first-order valence-electron chi connectivity index (χ1n) is 9.49. The molecule has 2 aromatic carbocycles. The summed E-state index contributed by atoms with van der Waals surface area (Å²) in [6.07, 6.45) is 0.491. The molecule has 2 heterocycles. The summed E-state index contributed by atoms with van der Waals surface area (Å²) >= 11 is 0. The normalized spacial score (nSPS) is 20.1. The molecule has 0 saturated carbocycles. The maximum absolute atomic E-state index is 15.8. The van der Waals surface area contributed by atoms with Crippen LogP contribution in [0.15, 0.2) is 36.5 Å². The molecule has 2 unspecified atom stereocenters. The minimum atomic E-state index is -0.710. The second-order valence-electron chi connectivity index (χ2n) is 7.97. The number of carbonyl (C=O) groups is 1. The number of hydrogen-bond acceptors (Lipinski definition) is 3. The molecule has 3 aromatic rings. The first-order valence-corrected chi connectivity index (χ1v) is 9.49. The van der Waals surface area contributed by atoms with Gasteiger partial charge in [0.2, 0.25) is 0 Å². The van der Waals surface area contributed by atoms with Crippen LogP contribution >= 0.6 is 0 Å². The number of hydrogen-bond donors (Lipinski definition) is 3. The zero-order valence-electron chi connectivity index (χ0n) is 16.7. The summed E-state index contributed by atoms with van der Waals surface area (Å²) in [5.41, 5.74) is 0.990. The number of ether oxygens (including phenoxy) is 1. The van der Waals surface area contributed by atoms with Crippen molar-refractivity contribution in [2.45, 2.75) is 38.3 Å². The van der Waals surface area contributed by atoms with Crippen molar-refractivity contribution in [2.24, 2.45) is 0 Å². The number of carbonyl (C=O) groups excluding carboxylic acids is 1. The number of aromatic amines is 1. The smallest absolute Gasteiger partial charge is 0.407 e. The molecule has 0 bridgehead atoms. The maximum Gasteiger partial charge on any atom is 0.407 e. The summed E-state index contributed by atoms with van der Waals surface area (Å²) in [4.78, 5) is 14.9. The Labute approximate surface area is 167 Å². The van der Waals surface area contributed by atoms with Crippen molar-refractivity contribution in [1.82, 2.24) is 10.3 Å². The quantitative estimate of drug-likeness (QED) is 0.559. The molecular weight excluding hydrogens is 376 g/mol. The van der Waals surface area contributed by atoms with Gasteiger partial charge in [0.1, 0.15) is 17.7 Å². The van der Waals surface area contributed by atoms with Crippen molar-refractivity contribution < 1.29 is 18.3 Å². The average Bonchev–Trinajstić information content (AvgIpc) is 3.13. The standard InChI is InChI=1S/C22H23F2N3O2/c1-11-16-15(27-22(2,3)20(11)29-21(28)25-4)10-14(23)17(18(16)24)13-7-5-6-12-8-9-26-19(12)13/h5-11,20,26-27H,1-4H3,(H,25,28). The van der Waals surface area contributed by atoms with Crippen LogP contribution in [0.4, 0.5) is 19.3 Å². The van der Waals surface area contributed by atoms with Crippen LogP contribution in [-0.4, -0.2) is 29.8 Å². The molecule has 29 heavy (non-hydrogen) atoms. The Morgan fingerprint density at radius 1 is 1.24 bits per heavy atom. The van der Waals surface area contributed by atoms with Gasteiger partial charge in [-0.05, 0) is 31.4 Å². The Morgan fingerprint density at radius 2 is 2.00 bits per heavy atom. The van der Waals surface area contributed by atoms with E-state index in [-0.39, 0.29) is 5.56 Å². The number of rotatable bonds is 2. The molecule has 7 heteroatoms. The summed E-state index contributed by atoms with van der Waals surface area (Å²) in [6, 6.07) is 8.52. The molecule has 1 amide bonds. The van der Waals surface area contributed by atoms with Gasteiger partial charge >= 0.3 is 6.09 Å². The van der Waals surface area contributed by atoms with Crippen molar-refractivity contribution in [3.05, 3.63) is 53.7 Å². The van der Waals surface area contributed by atoms with Crippen molar-refractivity contribution in [2.75, 3.05) is 12.4 Å². The molecule has 0 saturated heterocycles. The average molecular weight is 399 g/mol. The molecule has 2 atom stereocenters. The van der Waals surface area contributed by atoms with Crippen LogP contribution in [0.3, 0.4) is 0 Å². The molecule has 0 fully saturated rings. The maximum atomic E-state index is 15.8. The van der Waals surface area contributed by atoms with Crippen LogP contribution in [0.25, 0.3) is 22.0 Å². The lowest BCUT2D eigenvalue weighted by atomic mass is 9.77. The summed E-state index contributed by atoms with van der Waals surface area (Å²) in [6.45, 7) is 5.46. The number of halogens is 2. The molecule has 4 rings (SSSR count). The van der Waals surface area contributed by atoms with E-state index in [0.29, 0.717) is 22.3 Å². The van der Waals surface area contributed by atoms with E-state index in [9.17, 15) is 4.79 Å². The number of aromatic nitrogens is 1. The van der Waals surface area contributed by atoms with E-state index < -0.39 is 35.3 Å². The number of fused-ring (bicyclic) bond motifs is 2. The van der Waals surface area contributed by atoms with Gasteiger partial charge in [-0.1, -0.05) is 25.1 Å². The molecule has 1 aromatic heterocycles. The third-order valence-electron chi connectivity index (χ3n) is 5.63. The van der Waals surface area contributed by atoms with Gasteiger partial charge in [-0.25, -0.2) is 13.6 Å². The van der Waals surface area contributed by atoms with Gasteiger partial charge in [0, 0.05) is 36.0 Å². The van der Waals surface area contributed by atoms with Crippen LogP contribution in [0.5, 0.6) is 0 Å². The van der Waals surface area contributed by atoms with Gasteiger partial charge in [0.05, 0.1) is 16.6 Å². The van der Waals surface area contributed by atoms with Crippen molar-refractivity contribution >= 4 is 22.7 Å². The molecule has 0 aliphatic carbocycles. The van der Waals surface area contributed by atoms with E-state index in [2.05, 4.69) is 15.6 Å². The molecular formula is C22H23F2N3O2. The van der Waals surface area contributed by atoms with Crippen LogP contribution in [-0.2, 0) is 4.74 Å². The van der Waals surface area contributed by atoms with Crippen LogP contribution in [0, 0.1) is 11.6 Å². The number of nitrogens with one attached hydrogen (secondary N) is 3. The Morgan fingerprint density at radius 3 is 2.72 bits per heavy atom. The Bertz CT molecular complexity index is 1110. The highest BCUT2D eigenvalue weighted by Crippen LogP contribution is 2.45. The van der Waals surface area contributed by atoms with Gasteiger partial charge in [0.15, 0.2) is 0 Å². The van der Waals surface area contributed by atoms with Crippen LogP contribution in [0.1, 0.15) is 32.3 Å². The minimum Gasteiger partial charge on any atom is -0.443 e. The van der Waals surface area contributed by atoms with E-state index in [1.165, 1.54) is 13.1 Å². The largest absolute Gasteiger partial charge is 0.443 e. The summed E-state index contributed by atoms with van der Waals surface area (Å²) in [5.74, 6) is -1.78. The van der Waals surface area contributed by atoms with Crippen molar-refractivity contribution in [3.8, 4) is 11.1 Å². The highest BCUT2D eigenvalue weighted by molar-refractivity contribution is 5.95. The molecule has 5 nitrogen and oxygen atoms in total. The second-order valence-corrected chi connectivity index (χ2v) is 7.97. The molecule has 0 spiro atoms. The number of H-pyrrole nitrogens is 1. The van der Waals surface area contributed by atoms with Crippen molar-refractivity contribution in [1.29, 1.82) is 0 Å². The first kappa shape index (κ1) is 19.2. The number of para-hydroxylation sites is 1. The highest BCUT2D eigenvalue weighted by atomic mass is 19.1. The number of alkyl carbamates (subject to hydrolysis) is 1. The lowest BCUT2D eigenvalue weighted by Gasteiger charge is -2.44. The first-order chi connectivity index (χ1) is 13.7. The molecule has 1 aliphatic heterocycles. The SMILES string of the molecule is CNC(=O)OC1C(C)c2c(cc(F)c(-c3cccc4cc[nH]c34)c2F)NC1(C)C. The van der Waals surface area contributed by atoms with E-state index >= 15 is 8.78 Å². The lowest BCUT2D eigenvalue weighted by molar-refractivity contribution is 0.0480. The topological polar surface area (TPSA) is 66.1 Å². The number of anilines is 1. The third-order valence-corrected chi connectivity index (χ3v) is 5.63. The van der Waals surface area contributed by atoms with E-state index in [0.717, 1.165) is 5.39 Å². The summed E-state index contributed by atoms with van der Waals surface area (Å²) in [7, 11) is 1.47. The molecule has 3 N–H and O–H groups in total. The fraction of sp³-hybridized carbons (Fsp3) is 0.318. The fourth-order valence-electron chi connectivity index (χ4n) is 4.34. The Kier molecular flexibility index (Phi) is 4.48. The van der Waals surface area contributed by atoms with Gasteiger partial charge in [0.25, 0.3) is 0 Å². The summed E-state index contributed by atoms with van der Waals surface area (Å²) in [5, 5.41) is 6.44. The highest BCUT2D eigenvalue weighted by Gasteiger charge is 2.44. The van der Waals surface area contributed by atoms with Gasteiger partial charge in [-0.2, -0.15) is 0 Å². The minimum absolute atomic E-state index is 0.0937. The second kappa shape index (κ2) is 6.76. The van der Waals surface area contributed by atoms with Crippen LogP contribution < -0.4 is 10.6 Å². The Balaban J connectivity index is 1.90. The zero-order chi connectivity index (χ0) is 20.9. The lowest BCUT2D eigenvalue weighted by Crippen LogP contribution is -2.53. The third kappa shape index (κ3) is 3.01. The van der Waals surface area contributed by atoms with Crippen molar-refractivity contribution in [3.63, 3.8) is 0 Å². The van der Waals surface area contributed by atoms with Crippen LogP contribution in [0.2, 0.25) is 0 Å². The molecule has 0 radical (unpaired) electrons. The van der Waals surface area contributed by atoms with Gasteiger partial charge in [-0.15, -0.1) is 0 Å². The number of benzene rings is 2. The predicted octanol–water partition coefficient (Wildman–Crippen LogP) is 5.15. The molecule has 152 valence electrons. The Hall–Kier alpha value is -3.09.